The summed E-state index contributed by atoms with van der Waals surface area (Å²) in [6.07, 6.45) is 0.484. The van der Waals surface area contributed by atoms with Gasteiger partial charge in [0.05, 0.1) is 22.3 Å². The van der Waals surface area contributed by atoms with Crippen LogP contribution in [0.5, 0.6) is 11.5 Å². The lowest BCUT2D eigenvalue weighted by Gasteiger charge is -2.39. The molecule has 0 bridgehead atoms. The van der Waals surface area contributed by atoms with Gasteiger partial charge in [-0.15, -0.1) is 0 Å². The Morgan fingerprint density at radius 1 is 0.780 bits per heavy atom. The van der Waals surface area contributed by atoms with Crippen molar-refractivity contribution >= 4 is 46.6 Å². The molecular weight excluding hydrogens is 781 g/mol. The molecule has 10 heteroatoms. The van der Waals surface area contributed by atoms with E-state index in [-0.39, 0.29) is 30.7 Å². The highest BCUT2D eigenvalue weighted by molar-refractivity contribution is 6.42. The number of carbonyl (C=O) groups is 3. The summed E-state index contributed by atoms with van der Waals surface area (Å²) < 4.78 is 12.6. The third-order valence-electron chi connectivity index (χ3n) is 11.0. The van der Waals surface area contributed by atoms with Gasteiger partial charge in [0.25, 0.3) is 5.91 Å². The minimum Gasteiger partial charge on any atom is -0.489 e. The van der Waals surface area contributed by atoms with Crippen molar-refractivity contribution in [1.29, 1.82) is 0 Å². The molecule has 0 aliphatic carbocycles. The number of anilines is 1. The molecule has 8 rings (SSSR count). The number of hydrogen-bond acceptors (Lipinski definition) is 5. The molecule has 0 fully saturated rings. The highest BCUT2D eigenvalue weighted by Crippen LogP contribution is 2.42. The maximum atomic E-state index is 14.1. The fraction of sp³-hybridized carbons (Fsp3) is 0.204. The van der Waals surface area contributed by atoms with Crippen molar-refractivity contribution in [2.24, 2.45) is 0 Å². The van der Waals surface area contributed by atoms with Crippen LogP contribution in [-0.2, 0) is 35.6 Å². The minimum absolute atomic E-state index is 0.126. The molecule has 2 aliphatic heterocycles. The Hall–Kier alpha value is -6.09. The van der Waals surface area contributed by atoms with Crippen LogP contribution >= 0.6 is 23.2 Å². The summed E-state index contributed by atoms with van der Waals surface area (Å²) in [5.41, 5.74) is 9.29. The number of aryl methyl sites for hydroxylation is 1. The predicted octanol–water partition coefficient (Wildman–Crippen LogP) is 9.96. The first-order valence-corrected chi connectivity index (χ1v) is 20.4. The second-order valence-corrected chi connectivity index (χ2v) is 15.9. The van der Waals surface area contributed by atoms with Crippen molar-refractivity contribution in [2.45, 2.75) is 52.0 Å². The second kappa shape index (κ2) is 17.4. The van der Waals surface area contributed by atoms with E-state index in [1.54, 1.807) is 34.1 Å². The molecule has 2 aliphatic rings. The Bertz CT molecular complexity index is 2490. The van der Waals surface area contributed by atoms with Gasteiger partial charge in [-0.05, 0) is 101 Å². The minimum atomic E-state index is -0.752. The maximum Gasteiger partial charge on any atom is 0.254 e. The van der Waals surface area contributed by atoms with Crippen molar-refractivity contribution in [3.05, 3.63) is 182 Å². The third kappa shape index (κ3) is 8.99. The number of rotatable bonds is 10. The summed E-state index contributed by atoms with van der Waals surface area (Å²) in [5.74, 6) is 0.629. The number of nitrogens with zero attached hydrogens (tertiary/aromatic N) is 2. The zero-order valence-corrected chi connectivity index (χ0v) is 34.3. The van der Waals surface area contributed by atoms with E-state index in [1.165, 1.54) is 12.5 Å². The number of amides is 3. The molecule has 3 amide bonds. The van der Waals surface area contributed by atoms with Gasteiger partial charge >= 0.3 is 0 Å². The first kappa shape index (κ1) is 39.7. The van der Waals surface area contributed by atoms with Crippen LogP contribution in [0.1, 0.15) is 56.8 Å². The van der Waals surface area contributed by atoms with Crippen LogP contribution in [0.3, 0.4) is 0 Å². The van der Waals surface area contributed by atoms with Gasteiger partial charge in [-0.2, -0.15) is 0 Å². The maximum absolute atomic E-state index is 14.1. The topological polar surface area (TPSA) is 88.2 Å². The van der Waals surface area contributed by atoms with Crippen molar-refractivity contribution in [3.63, 3.8) is 0 Å². The Balaban J connectivity index is 0.986. The van der Waals surface area contributed by atoms with Crippen LogP contribution in [0.15, 0.2) is 133 Å². The lowest BCUT2D eigenvalue weighted by molar-refractivity contribution is -0.126. The number of nitrogens with one attached hydrogen (secondary N) is 1. The number of ether oxygens (including phenoxy) is 2. The largest absolute Gasteiger partial charge is 0.489 e. The van der Waals surface area contributed by atoms with Crippen LogP contribution in [0.25, 0.3) is 11.1 Å². The first-order chi connectivity index (χ1) is 28.6. The zero-order chi connectivity index (χ0) is 41.0. The van der Waals surface area contributed by atoms with E-state index in [0.717, 1.165) is 38.9 Å². The van der Waals surface area contributed by atoms with E-state index >= 15 is 0 Å². The molecule has 298 valence electrons. The van der Waals surface area contributed by atoms with Crippen LogP contribution in [0, 0.1) is 6.92 Å². The molecule has 59 heavy (non-hydrogen) atoms. The van der Waals surface area contributed by atoms with Gasteiger partial charge in [0, 0.05) is 32.0 Å². The number of carbonyl (C=O) groups excluding carboxylic acids is 3. The van der Waals surface area contributed by atoms with E-state index < -0.39 is 12.1 Å². The van der Waals surface area contributed by atoms with Crippen molar-refractivity contribution < 1.29 is 23.9 Å². The highest BCUT2D eigenvalue weighted by atomic mass is 35.5. The van der Waals surface area contributed by atoms with Crippen LogP contribution in [0.4, 0.5) is 5.69 Å². The number of hydrogen-bond donors (Lipinski definition) is 1. The summed E-state index contributed by atoms with van der Waals surface area (Å²) in [6, 6.07) is 42.0. The molecule has 1 N–H and O–H groups in total. The van der Waals surface area contributed by atoms with E-state index in [2.05, 4.69) is 60.8 Å². The SMILES string of the molecule is CC(=O)N1CC(c2ccc(OCc3ccc(Cl)c(Cl)c3)cc2)Oc2cc3c(cc21)CC(C(=O)NCCc1ccc(-c2ccc(C)cc2)cc1)N(C(=O)c1ccccc1)C3. The number of halogens is 2. The Morgan fingerprint density at radius 3 is 2.17 bits per heavy atom. The Labute approximate surface area is 354 Å². The van der Waals surface area contributed by atoms with Gasteiger partial charge < -0.3 is 24.6 Å². The summed E-state index contributed by atoms with van der Waals surface area (Å²) in [4.78, 5) is 44.6. The molecule has 0 saturated carbocycles. The molecule has 6 aromatic rings. The second-order valence-electron chi connectivity index (χ2n) is 15.1. The van der Waals surface area contributed by atoms with E-state index in [1.807, 2.05) is 60.7 Å². The summed E-state index contributed by atoms with van der Waals surface area (Å²) in [7, 11) is 0. The molecular formula is C49H43Cl2N3O5. The lowest BCUT2D eigenvalue weighted by Crippen LogP contribution is -2.53. The zero-order valence-electron chi connectivity index (χ0n) is 32.8. The van der Waals surface area contributed by atoms with E-state index in [0.29, 0.717) is 58.9 Å². The summed E-state index contributed by atoms with van der Waals surface area (Å²) in [5, 5.41) is 4.08. The fourth-order valence-electron chi connectivity index (χ4n) is 7.66. The predicted molar refractivity (Wildman–Crippen MR) is 232 cm³/mol. The molecule has 2 unspecified atom stereocenters. The monoisotopic (exact) mass is 823 g/mol. The molecule has 0 saturated heterocycles. The smallest absolute Gasteiger partial charge is 0.254 e. The van der Waals surface area contributed by atoms with Gasteiger partial charge in [0.1, 0.15) is 30.3 Å². The quantitative estimate of drug-likeness (QED) is 0.149. The number of fused-ring (bicyclic) bond motifs is 2. The van der Waals surface area contributed by atoms with Crippen LogP contribution in [-0.4, -0.2) is 41.8 Å². The van der Waals surface area contributed by atoms with Crippen molar-refractivity contribution in [1.82, 2.24) is 10.2 Å². The summed E-state index contributed by atoms with van der Waals surface area (Å²) in [6.45, 7) is 4.86. The fourth-order valence-corrected chi connectivity index (χ4v) is 7.98. The van der Waals surface area contributed by atoms with Crippen LogP contribution in [0.2, 0.25) is 10.0 Å². The number of benzene rings is 6. The van der Waals surface area contributed by atoms with Gasteiger partial charge in [0.2, 0.25) is 11.8 Å². The Morgan fingerprint density at radius 2 is 1.47 bits per heavy atom. The molecule has 0 radical (unpaired) electrons. The van der Waals surface area contributed by atoms with Gasteiger partial charge in [-0.1, -0.05) is 114 Å². The molecule has 2 heterocycles. The molecule has 0 spiro atoms. The molecule has 2 atom stereocenters. The normalized spacial score (nSPS) is 15.7. The molecule has 0 aromatic heterocycles. The average molecular weight is 825 g/mol. The van der Waals surface area contributed by atoms with E-state index in [4.69, 9.17) is 32.7 Å². The summed E-state index contributed by atoms with van der Waals surface area (Å²) >= 11 is 12.2. The Kier molecular flexibility index (Phi) is 11.7. The van der Waals surface area contributed by atoms with Gasteiger partial charge in [0.15, 0.2) is 0 Å². The first-order valence-electron chi connectivity index (χ1n) is 19.7. The molecule has 8 nitrogen and oxygen atoms in total. The van der Waals surface area contributed by atoms with Crippen LogP contribution < -0.4 is 19.7 Å². The van der Waals surface area contributed by atoms with Gasteiger partial charge in [-0.3, -0.25) is 14.4 Å². The van der Waals surface area contributed by atoms with Crippen molar-refractivity contribution in [3.8, 4) is 22.6 Å². The third-order valence-corrected chi connectivity index (χ3v) is 11.7. The highest BCUT2D eigenvalue weighted by Gasteiger charge is 2.38. The van der Waals surface area contributed by atoms with E-state index in [9.17, 15) is 14.4 Å². The average Bonchev–Trinajstić information content (AvgIpc) is 3.26. The van der Waals surface area contributed by atoms with Crippen molar-refractivity contribution in [2.75, 3.05) is 18.0 Å². The van der Waals surface area contributed by atoms with Gasteiger partial charge in [-0.25, -0.2) is 0 Å². The molecule has 6 aromatic carbocycles. The standard InChI is InChI=1S/C49H43Cl2N3O5/c1-31-8-13-35(14-9-31)36-15-10-33(11-16-36)22-23-52-48(56)45-26-39-25-44-46(27-40(39)28-54(45)49(57)38-6-4-3-5-7-38)59-47(29-53(44)32(2)55)37-17-19-41(20-18-37)58-30-34-12-21-42(50)43(51)24-34/h3-21,24-25,27,45,47H,22-23,26,28-30H2,1-2H3,(H,52,56). The lowest BCUT2D eigenvalue weighted by atomic mass is 9.91.